The molecule has 3 heterocycles. The summed E-state index contributed by atoms with van der Waals surface area (Å²) in [7, 11) is 3.78. The molecular formula is C19H34N8O. The van der Waals surface area contributed by atoms with Crippen LogP contribution in [0.5, 0.6) is 0 Å². The second-order valence-electron chi connectivity index (χ2n) is 8.17. The summed E-state index contributed by atoms with van der Waals surface area (Å²) < 4.78 is 0. The summed E-state index contributed by atoms with van der Waals surface area (Å²) in [6, 6.07) is 0.437. The van der Waals surface area contributed by atoms with Crippen LogP contribution < -0.4 is 10.6 Å². The molecule has 2 atom stereocenters. The molecule has 2 unspecified atom stereocenters. The fourth-order valence-electron chi connectivity index (χ4n) is 4.01. The number of anilines is 2. The molecule has 28 heavy (non-hydrogen) atoms. The first kappa shape index (κ1) is 20.7. The number of nitrogens with two attached hydrogens (primary N) is 1. The minimum atomic E-state index is 0.0592. The van der Waals surface area contributed by atoms with Crippen LogP contribution in [0.25, 0.3) is 0 Å². The first-order chi connectivity index (χ1) is 13.3. The quantitative estimate of drug-likeness (QED) is 0.781. The zero-order valence-corrected chi connectivity index (χ0v) is 17.6. The third-order valence-corrected chi connectivity index (χ3v) is 5.87. The van der Waals surface area contributed by atoms with Crippen LogP contribution in [0.4, 0.5) is 11.9 Å². The van der Waals surface area contributed by atoms with Gasteiger partial charge in [0.05, 0.1) is 12.6 Å². The number of carbonyl (C=O) groups is 1. The van der Waals surface area contributed by atoms with Crippen molar-refractivity contribution in [2.45, 2.75) is 45.2 Å². The third-order valence-electron chi connectivity index (χ3n) is 5.87. The summed E-state index contributed by atoms with van der Waals surface area (Å²) in [5.41, 5.74) is 5.87. The Labute approximate surface area is 167 Å². The Kier molecular flexibility index (Phi) is 6.66. The zero-order chi connectivity index (χ0) is 20.3. The number of likely N-dealkylation sites (tertiary alicyclic amines) is 1. The predicted molar refractivity (Wildman–Crippen MR) is 110 cm³/mol. The number of rotatable bonds is 5. The molecule has 2 fully saturated rings. The lowest BCUT2D eigenvalue weighted by Gasteiger charge is -2.39. The normalized spacial score (nSPS) is 22.9. The van der Waals surface area contributed by atoms with Crippen molar-refractivity contribution in [2.75, 3.05) is 64.0 Å². The molecule has 0 saturated carbocycles. The molecule has 0 radical (unpaired) electrons. The van der Waals surface area contributed by atoms with Crippen molar-refractivity contribution in [3.8, 4) is 0 Å². The van der Waals surface area contributed by atoms with Crippen LogP contribution in [0.1, 0.15) is 45.0 Å². The fourth-order valence-corrected chi connectivity index (χ4v) is 4.01. The monoisotopic (exact) mass is 390 g/mol. The second-order valence-corrected chi connectivity index (χ2v) is 8.17. The maximum absolute atomic E-state index is 12.7. The molecule has 1 aromatic rings. The van der Waals surface area contributed by atoms with E-state index in [4.69, 9.17) is 5.73 Å². The van der Waals surface area contributed by atoms with Gasteiger partial charge in [0, 0.05) is 52.9 Å². The lowest BCUT2D eigenvalue weighted by Crippen LogP contribution is -2.52. The number of carbonyl (C=O) groups excluding carboxylic acids is 1. The maximum Gasteiger partial charge on any atom is 0.236 e. The van der Waals surface area contributed by atoms with E-state index in [0.29, 0.717) is 24.4 Å². The Hall–Kier alpha value is -2.00. The van der Waals surface area contributed by atoms with Crippen molar-refractivity contribution in [3.05, 3.63) is 5.82 Å². The highest BCUT2D eigenvalue weighted by molar-refractivity contribution is 5.78. The van der Waals surface area contributed by atoms with Gasteiger partial charge in [-0.05, 0) is 33.1 Å². The minimum absolute atomic E-state index is 0.0592. The smallest absolute Gasteiger partial charge is 0.236 e. The van der Waals surface area contributed by atoms with Crippen molar-refractivity contribution >= 4 is 17.8 Å². The number of nitrogens with zero attached hydrogens (tertiary/aromatic N) is 7. The summed E-state index contributed by atoms with van der Waals surface area (Å²) in [6.45, 7) is 9.21. The summed E-state index contributed by atoms with van der Waals surface area (Å²) >= 11 is 0. The van der Waals surface area contributed by atoms with Gasteiger partial charge in [-0.15, -0.1) is 0 Å². The zero-order valence-electron chi connectivity index (χ0n) is 17.6. The van der Waals surface area contributed by atoms with Crippen molar-refractivity contribution in [2.24, 2.45) is 0 Å². The average Bonchev–Trinajstić information content (AvgIpc) is 2.67. The standard InChI is InChI=1S/C19H34N8O/c1-14-7-5-6-8-27(14)16(28)13-25-9-11-26(12-10-25)15(2)17-21-18(20)23-19(22-17)24(3)4/h14-15H,5-13H2,1-4H3,(H2,20,21,22,23). The molecule has 2 saturated heterocycles. The Morgan fingerprint density at radius 3 is 2.50 bits per heavy atom. The molecular weight excluding hydrogens is 356 g/mol. The van der Waals surface area contributed by atoms with E-state index in [1.54, 1.807) is 0 Å². The largest absolute Gasteiger partial charge is 0.368 e. The number of aromatic nitrogens is 3. The predicted octanol–water partition coefficient (Wildman–Crippen LogP) is 0.599. The summed E-state index contributed by atoms with van der Waals surface area (Å²) in [5.74, 6) is 1.80. The SMILES string of the molecule is CC(c1nc(N)nc(N(C)C)n1)N1CCN(CC(=O)N2CCCCC2C)CC1. The number of piperidine rings is 1. The highest BCUT2D eigenvalue weighted by atomic mass is 16.2. The number of piperazine rings is 1. The Morgan fingerprint density at radius 2 is 1.86 bits per heavy atom. The van der Waals surface area contributed by atoms with E-state index in [0.717, 1.165) is 45.6 Å². The molecule has 2 aliphatic heterocycles. The summed E-state index contributed by atoms with van der Waals surface area (Å²) in [6.07, 6.45) is 3.49. The highest BCUT2D eigenvalue weighted by Crippen LogP contribution is 2.21. The number of hydrogen-bond donors (Lipinski definition) is 1. The molecule has 1 aromatic heterocycles. The van der Waals surface area contributed by atoms with E-state index in [-0.39, 0.29) is 17.9 Å². The van der Waals surface area contributed by atoms with Crippen molar-refractivity contribution in [3.63, 3.8) is 0 Å². The number of amides is 1. The van der Waals surface area contributed by atoms with Crippen LogP contribution in [0.2, 0.25) is 0 Å². The van der Waals surface area contributed by atoms with E-state index in [9.17, 15) is 4.79 Å². The van der Waals surface area contributed by atoms with Crippen LogP contribution >= 0.6 is 0 Å². The van der Waals surface area contributed by atoms with E-state index in [1.165, 1.54) is 6.42 Å². The third kappa shape index (κ3) is 4.88. The van der Waals surface area contributed by atoms with E-state index >= 15 is 0 Å². The topological polar surface area (TPSA) is 94.7 Å². The van der Waals surface area contributed by atoms with E-state index in [1.807, 2.05) is 19.0 Å². The van der Waals surface area contributed by atoms with Gasteiger partial charge in [-0.1, -0.05) is 0 Å². The van der Waals surface area contributed by atoms with Crippen LogP contribution in [0.3, 0.4) is 0 Å². The van der Waals surface area contributed by atoms with Crippen LogP contribution in [-0.4, -0.2) is 95.0 Å². The molecule has 1 amide bonds. The molecule has 3 rings (SSSR count). The molecule has 9 nitrogen and oxygen atoms in total. The maximum atomic E-state index is 12.7. The molecule has 9 heteroatoms. The van der Waals surface area contributed by atoms with Gasteiger partial charge in [-0.25, -0.2) is 0 Å². The Morgan fingerprint density at radius 1 is 1.14 bits per heavy atom. The van der Waals surface area contributed by atoms with Crippen molar-refractivity contribution < 1.29 is 4.79 Å². The van der Waals surface area contributed by atoms with Gasteiger partial charge in [-0.3, -0.25) is 14.6 Å². The molecule has 2 N–H and O–H groups in total. The molecule has 0 bridgehead atoms. The average molecular weight is 391 g/mol. The first-order valence-corrected chi connectivity index (χ1v) is 10.3. The Bertz CT molecular complexity index is 674. The van der Waals surface area contributed by atoms with E-state index < -0.39 is 0 Å². The van der Waals surface area contributed by atoms with Crippen LogP contribution in [0, 0.1) is 0 Å². The molecule has 0 aliphatic carbocycles. The summed E-state index contributed by atoms with van der Waals surface area (Å²) in [5, 5.41) is 0. The van der Waals surface area contributed by atoms with Gasteiger partial charge in [0.2, 0.25) is 17.8 Å². The summed E-state index contributed by atoms with van der Waals surface area (Å²) in [4.78, 5) is 34.2. The van der Waals surface area contributed by atoms with Gasteiger partial charge >= 0.3 is 0 Å². The molecule has 156 valence electrons. The van der Waals surface area contributed by atoms with Gasteiger partial charge in [-0.2, -0.15) is 15.0 Å². The number of hydrogen-bond acceptors (Lipinski definition) is 8. The molecule has 2 aliphatic rings. The Balaban J connectivity index is 1.54. The molecule has 0 aromatic carbocycles. The van der Waals surface area contributed by atoms with Crippen LogP contribution in [-0.2, 0) is 4.79 Å². The lowest BCUT2D eigenvalue weighted by molar-refractivity contribution is -0.136. The highest BCUT2D eigenvalue weighted by Gasteiger charge is 2.28. The molecule has 0 spiro atoms. The van der Waals surface area contributed by atoms with Gasteiger partial charge in [0.15, 0.2) is 5.82 Å². The van der Waals surface area contributed by atoms with E-state index in [2.05, 4.69) is 43.5 Å². The van der Waals surface area contributed by atoms with Gasteiger partial charge in [0.25, 0.3) is 0 Å². The van der Waals surface area contributed by atoms with Gasteiger partial charge < -0.3 is 15.5 Å². The first-order valence-electron chi connectivity index (χ1n) is 10.3. The fraction of sp³-hybridized carbons (Fsp3) is 0.789. The number of nitrogen functional groups attached to an aromatic ring is 1. The minimum Gasteiger partial charge on any atom is -0.368 e. The van der Waals surface area contributed by atoms with Crippen molar-refractivity contribution in [1.29, 1.82) is 0 Å². The van der Waals surface area contributed by atoms with Crippen molar-refractivity contribution in [1.82, 2.24) is 29.7 Å². The lowest BCUT2D eigenvalue weighted by atomic mass is 10.0. The second kappa shape index (κ2) is 9.00. The van der Waals surface area contributed by atoms with Gasteiger partial charge in [0.1, 0.15) is 0 Å². The van der Waals surface area contributed by atoms with Crippen LogP contribution in [0.15, 0.2) is 0 Å².